The summed E-state index contributed by atoms with van der Waals surface area (Å²) < 4.78 is 5.94. The van der Waals surface area contributed by atoms with Crippen molar-refractivity contribution in [3.63, 3.8) is 0 Å². The first-order valence-electron chi connectivity index (χ1n) is 11.5. The lowest BCUT2D eigenvalue weighted by Crippen LogP contribution is -2.63. The van der Waals surface area contributed by atoms with E-state index in [1.54, 1.807) is 0 Å². The van der Waals surface area contributed by atoms with Crippen molar-refractivity contribution >= 4 is 11.9 Å². The topological polar surface area (TPSA) is 130 Å². The number of allylic oxidation sites excluding steroid dienone is 2. The van der Waals surface area contributed by atoms with Crippen LogP contribution in [0.1, 0.15) is 66.2 Å². The van der Waals surface area contributed by atoms with E-state index in [0.29, 0.717) is 19.3 Å². The van der Waals surface area contributed by atoms with E-state index >= 15 is 0 Å². The van der Waals surface area contributed by atoms with Crippen LogP contribution in [0.5, 0.6) is 0 Å². The molecule has 0 heterocycles. The van der Waals surface area contributed by atoms with Crippen LogP contribution >= 0.6 is 0 Å². The van der Waals surface area contributed by atoms with Gasteiger partial charge in [0.25, 0.3) is 0 Å². The van der Waals surface area contributed by atoms with Gasteiger partial charge in [0.05, 0.1) is 30.1 Å². The van der Waals surface area contributed by atoms with Crippen molar-refractivity contribution in [1.82, 2.24) is 0 Å². The Hall–Kier alpha value is -1.70. The molecule has 0 aromatic heterocycles. The van der Waals surface area contributed by atoms with Gasteiger partial charge in [-0.05, 0) is 49.0 Å². The molecule has 0 radical (unpaired) electrons. The normalized spacial score (nSPS) is 31.7. The molecule has 0 aromatic carbocycles. The van der Waals surface area contributed by atoms with Crippen LogP contribution in [0.3, 0.4) is 0 Å². The second-order valence-corrected chi connectivity index (χ2v) is 9.50. The number of hydrogen-bond acceptors (Lipinski definition) is 6. The number of esters is 1. The molecule has 1 unspecified atom stereocenters. The van der Waals surface area contributed by atoms with Crippen LogP contribution in [0.2, 0.25) is 0 Å². The summed E-state index contributed by atoms with van der Waals surface area (Å²) in [5.41, 5.74) is 7.17. The predicted octanol–water partition coefficient (Wildman–Crippen LogP) is 2.80. The minimum atomic E-state index is -1.10. The van der Waals surface area contributed by atoms with Crippen molar-refractivity contribution in [1.29, 1.82) is 0 Å². The minimum absolute atomic E-state index is 0.00287. The average Bonchev–Trinajstić information content (AvgIpc) is 2.69. The van der Waals surface area contributed by atoms with E-state index in [9.17, 15) is 19.8 Å². The summed E-state index contributed by atoms with van der Waals surface area (Å²) in [6, 6.07) is 0. The monoisotopic (exact) mass is 437 g/mol. The molecule has 7 nitrogen and oxygen atoms in total. The minimum Gasteiger partial charge on any atom is -0.481 e. The Morgan fingerprint density at radius 2 is 2.00 bits per heavy atom. The maximum absolute atomic E-state index is 12.6. The molecule has 5 N–H and O–H groups in total. The van der Waals surface area contributed by atoms with Gasteiger partial charge in [0.1, 0.15) is 6.10 Å². The molecule has 0 amide bonds. The highest BCUT2D eigenvalue weighted by Gasteiger charge is 2.51. The SMILES string of the molecule is CC[C@H](C)C(=O)O[C@H]1CCC=C2C=C[C@H](C)[C@H](C[C@H](C)C(O)C[C@@H](O)CC(=O)O)[C@]21N. The fourth-order valence-electron chi connectivity index (χ4n) is 4.82. The van der Waals surface area contributed by atoms with E-state index in [0.717, 1.165) is 12.0 Å². The Labute approximate surface area is 185 Å². The Bertz CT molecular complexity index is 704. The standard InChI is InChI=1S/C24H39NO6/c1-5-14(2)23(30)31-21-8-6-7-17-10-9-15(3)19(24(17,21)25)11-16(4)20(27)12-18(26)13-22(28)29/h7,9-10,14-16,18-21,26-27H,5-6,8,11-13,25H2,1-4H3,(H,28,29)/t14-,15-,16-,18+,19-,20?,21-,24+/m0/s1. The van der Waals surface area contributed by atoms with E-state index in [1.165, 1.54) is 0 Å². The molecule has 0 aromatic rings. The Balaban J connectivity index is 2.20. The summed E-state index contributed by atoms with van der Waals surface area (Å²) in [5, 5.41) is 29.3. The van der Waals surface area contributed by atoms with Gasteiger partial charge < -0.3 is 25.8 Å². The number of carbonyl (C=O) groups is 2. The molecule has 2 aliphatic rings. The van der Waals surface area contributed by atoms with E-state index in [2.05, 4.69) is 19.1 Å². The summed E-state index contributed by atoms with van der Waals surface area (Å²) in [7, 11) is 0. The van der Waals surface area contributed by atoms with Gasteiger partial charge in [-0.1, -0.05) is 45.9 Å². The lowest BCUT2D eigenvalue weighted by Gasteiger charge is -2.50. The van der Waals surface area contributed by atoms with Crippen LogP contribution in [0.4, 0.5) is 0 Å². The predicted molar refractivity (Wildman–Crippen MR) is 118 cm³/mol. The van der Waals surface area contributed by atoms with Crippen LogP contribution in [-0.2, 0) is 14.3 Å². The van der Waals surface area contributed by atoms with Crippen molar-refractivity contribution < 1.29 is 29.6 Å². The number of carboxylic acid groups (broad SMARTS) is 1. The summed E-state index contributed by atoms with van der Waals surface area (Å²) >= 11 is 0. The molecule has 0 fully saturated rings. The largest absolute Gasteiger partial charge is 0.481 e. The quantitative estimate of drug-likeness (QED) is 0.387. The third kappa shape index (κ3) is 5.96. The van der Waals surface area contributed by atoms with Gasteiger partial charge in [-0.15, -0.1) is 0 Å². The summed E-state index contributed by atoms with van der Waals surface area (Å²) in [4.78, 5) is 23.4. The summed E-state index contributed by atoms with van der Waals surface area (Å²) in [6.45, 7) is 7.77. The molecule has 176 valence electrons. The van der Waals surface area contributed by atoms with Crippen molar-refractivity contribution in [3.05, 3.63) is 23.8 Å². The van der Waals surface area contributed by atoms with Crippen molar-refractivity contribution in [3.8, 4) is 0 Å². The van der Waals surface area contributed by atoms with Crippen LogP contribution in [0.25, 0.3) is 0 Å². The Kier molecular flexibility index (Phi) is 8.86. The molecule has 0 saturated heterocycles. The highest BCUT2D eigenvalue weighted by atomic mass is 16.5. The van der Waals surface area contributed by atoms with Gasteiger partial charge in [0.2, 0.25) is 0 Å². The smallest absolute Gasteiger partial charge is 0.308 e. The molecule has 0 aliphatic heterocycles. The first kappa shape index (κ1) is 25.6. The van der Waals surface area contributed by atoms with Gasteiger partial charge >= 0.3 is 11.9 Å². The lowest BCUT2D eigenvalue weighted by atomic mass is 9.60. The molecule has 0 saturated carbocycles. The molecular formula is C24H39NO6. The maximum atomic E-state index is 12.6. The Morgan fingerprint density at radius 1 is 1.32 bits per heavy atom. The summed E-state index contributed by atoms with van der Waals surface area (Å²) in [6.07, 6.45) is 6.18. The van der Waals surface area contributed by atoms with Crippen LogP contribution in [0.15, 0.2) is 23.8 Å². The fraction of sp³-hybridized carbons (Fsp3) is 0.750. The van der Waals surface area contributed by atoms with E-state index in [-0.39, 0.29) is 36.1 Å². The zero-order valence-corrected chi connectivity index (χ0v) is 19.2. The molecule has 0 spiro atoms. The number of fused-ring (bicyclic) bond motifs is 1. The first-order chi connectivity index (χ1) is 14.5. The van der Waals surface area contributed by atoms with Crippen molar-refractivity contribution in [2.75, 3.05) is 0 Å². The van der Waals surface area contributed by atoms with Crippen LogP contribution in [0, 0.1) is 23.7 Å². The highest BCUT2D eigenvalue weighted by molar-refractivity contribution is 5.72. The zero-order chi connectivity index (χ0) is 23.3. The molecule has 7 heteroatoms. The number of hydrogen-bond donors (Lipinski definition) is 4. The average molecular weight is 438 g/mol. The third-order valence-corrected chi connectivity index (χ3v) is 7.13. The third-order valence-electron chi connectivity index (χ3n) is 7.13. The van der Waals surface area contributed by atoms with Gasteiger partial charge in [0.15, 0.2) is 0 Å². The number of aliphatic carboxylic acids is 1. The summed E-state index contributed by atoms with van der Waals surface area (Å²) in [5.74, 6) is -1.68. The molecule has 2 rings (SSSR count). The maximum Gasteiger partial charge on any atom is 0.308 e. The molecule has 0 bridgehead atoms. The van der Waals surface area contributed by atoms with Gasteiger partial charge in [-0.25, -0.2) is 0 Å². The van der Waals surface area contributed by atoms with Crippen LogP contribution in [-0.4, -0.2) is 51.1 Å². The van der Waals surface area contributed by atoms with Crippen molar-refractivity contribution in [2.24, 2.45) is 29.4 Å². The number of aliphatic hydroxyl groups is 2. The number of nitrogens with two attached hydrogens (primary N) is 1. The lowest BCUT2D eigenvalue weighted by molar-refractivity contribution is -0.159. The molecule has 8 atom stereocenters. The molecule has 31 heavy (non-hydrogen) atoms. The zero-order valence-electron chi connectivity index (χ0n) is 19.2. The van der Waals surface area contributed by atoms with Crippen LogP contribution < -0.4 is 5.73 Å². The van der Waals surface area contributed by atoms with Gasteiger partial charge in [-0.3, -0.25) is 9.59 Å². The van der Waals surface area contributed by atoms with Gasteiger partial charge in [-0.2, -0.15) is 0 Å². The van der Waals surface area contributed by atoms with E-state index in [1.807, 2.05) is 26.8 Å². The van der Waals surface area contributed by atoms with E-state index < -0.39 is 36.2 Å². The van der Waals surface area contributed by atoms with Gasteiger partial charge in [0, 0.05) is 6.42 Å². The fourth-order valence-corrected chi connectivity index (χ4v) is 4.82. The Morgan fingerprint density at radius 3 is 2.61 bits per heavy atom. The molecule has 2 aliphatic carbocycles. The first-order valence-corrected chi connectivity index (χ1v) is 11.5. The second-order valence-electron chi connectivity index (χ2n) is 9.50. The number of carboxylic acids is 1. The number of carbonyl (C=O) groups excluding carboxylic acids is 1. The number of aliphatic hydroxyl groups excluding tert-OH is 2. The van der Waals surface area contributed by atoms with Crippen molar-refractivity contribution in [2.45, 2.75) is 90.1 Å². The second kappa shape index (κ2) is 10.7. The number of rotatable bonds is 10. The molecular weight excluding hydrogens is 398 g/mol. The highest BCUT2D eigenvalue weighted by Crippen LogP contribution is 2.46. The van der Waals surface area contributed by atoms with E-state index in [4.69, 9.17) is 15.6 Å². The number of ether oxygens (including phenoxy) is 1.